The van der Waals surface area contributed by atoms with Crippen LogP contribution in [-0.4, -0.2) is 21.1 Å². The Morgan fingerprint density at radius 2 is 1.83 bits per heavy atom. The molecule has 0 fully saturated rings. The van der Waals surface area contributed by atoms with Gasteiger partial charge in [-0.1, -0.05) is 18.2 Å². The maximum absolute atomic E-state index is 11.8. The molecular formula is C17H16N4O2. The number of carbonyl (C=O) groups excluding carboxylic acids is 1. The first-order chi connectivity index (χ1) is 11.3. The number of aromatic nitrogens is 3. The molecule has 0 atom stereocenters. The van der Waals surface area contributed by atoms with Gasteiger partial charge in [0.05, 0.1) is 0 Å². The van der Waals surface area contributed by atoms with Crippen molar-refractivity contribution in [3.63, 3.8) is 0 Å². The first-order valence-corrected chi connectivity index (χ1v) is 7.34. The molecule has 116 valence electrons. The fourth-order valence-corrected chi connectivity index (χ4v) is 2.06. The van der Waals surface area contributed by atoms with Gasteiger partial charge in [0.25, 0.3) is 0 Å². The summed E-state index contributed by atoms with van der Waals surface area (Å²) in [5.41, 5.74) is 1.88. The number of aryl methyl sites for hydroxylation is 1. The molecule has 0 saturated heterocycles. The average Bonchev–Trinajstić information content (AvgIpc) is 3.09. The van der Waals surface area contributed by atoms with Crippen molar-refractivity contribution in [1.29, 1.82) is 0 Å². The van der Waals surface area contributed by atoms with Crippen LogP contribution in [-0.2, 0) is 17.8 Å². The van der Waals surface area contributed by atoms with E-state index in [0.29, 0.717) is 31.2 Å². The molecule has 2 heterocycles. The fraction of sp³-hybridized carbons (Fsp3) is 0.176. The third-order valence-corrected chi connectivity index (χ3v) is 3.29. The van der Waals surface area contributed by atoms with Crippen LogP contribution in [0.4, 0.5) is 0 Å². The van der Waals surface area contributed by atoms with Crippen LogP contribution in [0, 0.1) is 0 Å². The van der Waals surface area contributed by atoms with Gasteiger partial charge in [0.2, 0.25) is 17.7 Å². The Balaban J connectivity index is 1.49. The highest BCUT2D eigenvalue weighted by Gasteiger charge is 2.10. The number of pyridine rings is 1. The Bertz CT molecular complexity index is 757. The molecule has 0 bridgehead atoms. The number of hydrogen-bond acceptors (Lipinski definition) is 5. The van der Waals surface area contributed by atoms with Gasteiger partial charge in [0, 0.05) is 37.3 Å². The van der Waals surface area contributed by atoms with Gasteiger partial charge in [-0.15, -0.1) is 10.2 Å². The van der Waals surface area contributed by atoms with Crippen molar-refractivity contribution < 1.29 is 9.21 Å². The molecule has 1 aromatic carbocycles. The summed E-state index contributed by atoms with van der Waals surface area (Å²) in [6.07, 6.45) is 4.12. The number of nitrogens with one attached hydrogen (secondary N) is 1. The topological polar surface area (TPSA) is 80.9 Å². The highest BCUT2D eigenvalue weighted by Crippen LogP contribution is 2.17. The van der Waals surface area contributed by atoms with Crippen LogP contribution in [0.1, 0.15) is 17.9 Å². The largest absolute Gasteiger partial charge is 0.421 e. The normalized spacial score (nSPS) is 10.4. The van der Waals surface area contributed by atoms with Crippen LogP contribution in [0.25, 0.3) is 11.5 Å². The molecule has 6 heteroatoms. The van der Waals surface area contributed by atoms with Gasteiger partial charge in [-0.3, -0.25) is 9.78 Å². The number of hydrogen-bond donors (Lipinski definition) is 1. The average molecular weight is 308 g/mol. The molecular weight excluding hydrogens is 292 g/mol. The molecule has 1 N–H and O–H groups in total. The highest BCUT2D eigenvalue weighted by atomic mass is 16.4. The summed E-state index contributed by atoms with van der Waals surface area (Å²) in [7, 11) is 0. The van der Waals surface area contributed by atoms with Gasteiger partial charge in [-0.05, 0) is 29.8 Å². The molecule has 0 aliphatic heterocycles. The smallest absolute Gasteiger partial charge is 0.247 e. The summed E-state index contributed by atoms with van der Waals surface area (Å²) in [6.45, 7) is 0.487. The van der Waals surface area contributed by atoms with Crippen molar-refractivity contribution in [2.75, 3.05) is 0 Å². The number of nitrogens with zero attached hydrogens (tertiary/aromatic N) is 3. The molecule has 3 aromatic rings. The second kappa shape index (κ2) is 7.31. The minimum atomic E-state index is -0.0544. The minimum Gasteiger partial charge on any atom is -0.421 e. The first-order valence-electron chi connectivity index (χ1n) is 7.34. The lowest BCUT2D eigenvalue weighted by Crippen LogP contribution is -2.23. The van der Waals surface area contributed by atoms with Crippen molar-refractivity contribution in [3.05, 3.63) is 66.3 Å². The Labute approximate surface area is 133 Å². The zero-order valence-electron chi connectivity index (χ0n) is 12.5. The molecule has 0 aliphatic rings. The Kier molecular flexibility index (Phi) is 4.73. The zero-order chi connectivity index (χ0) is 15.9. The molecule has 2 aromatic heterocycles. The van der Waals surface area contributed by atoms with Crippen LogP contribution in [0.3, 0.4) is 0 Å². The van der Waals surface area contributed by atoms with Crippen LogP contribution in [0.15, 0.2) is 59.3 Å². The third-order valence-electron chi connectivity index (χ3n) is 3.29. The van der Waals surface area contributed by atoms with Gasteiger partial charge < -0.3 is 9.73 Å². The van der Waals surface area contributed by atoms with Crippen molar-refractivity contribution in [3.8, 4) is 11.5 Å². The van der Waals surface area contributed by atoms with E-state index in [1.165, 1.54) is 0 Å². The molecule has 0 aliphatic carbocycles. The number of benzene rings is 1. The summed E-state index contributed by atoms with van der Waals surface area (Å²) in [4.78, 5) is 15.8. The Morgan fingerprint density at radius 1 is 1.04 bits per heavy atom. The van der Waals surface area contributed by atoms with Crippen LogP contribution < -0.4 is 5.32 Å². The maximum atomic E-state index is 11.8. The molecule has 0 spiro atoms. The summed E-state index contributed by atoms with van der Waals surface area (Å²) in [6, 6.07) is 13.3. The summed E-state index contributed by atoms with van der Waals surface area (Å²) in [5.74, 6) is 0.877. The van der Waals surface area contributed by atoms with E-state index in [9.17, 15) is 4.79 Å². The standard InChI is InChI=1S/C17H16N4O2/c22-15(19-12-13-8-10-18-11-9-13)6-7-16-20-21-17(23-16)14-4-2-1-3-5-14/h1-5,8-11H,6-7,12H2,(H,19,22). The fourth-order valence-electron chi connectivity index (χ4n) is 2.06. The number of amides is 1. The highest BCUT2D eigenvalue weighted by molar-refractivity contribution is 5.76. The lowest BCUT2D eigenvalue weighted by Gasteiger charge is -2.03. The van der Waals surface area contributed by atoms with Crippen LogP contribution in [0.5, 0.6) is 0 Å². The van der Waals surface area contributed by atoms with Gasteiger partial charge in [-0.2, -0.15) is 0 Å². The van der Waals surface area contributed by atoms with Crippen molar-refractivity contribution in [2.45, 2.75) is 19.4 Å². The van der Waals surface area contributed by atoms with Crippen molar-refractivity contribution in [1.82, 2.24) is 20.5 Å². The second-order valence-electron chi connectivity index (χ2n) is 5.00. The van der Waals surface area contributed by atoms with E-state index in [1.807, 2.05) is 42.5 Å². The van der Waals surface area contributed by atoms with Gasteiger partial charge in [0.1, 0.15) is 0 Å². The predicted octanol–water partition coefficient (Wildman–Crippen LogP) is 2.38. The molecule has 0 radical (unpaired) electrons. The van der Waals surface area contributed by atoms with Crippen molar-refractivity contribution in [2.24, 2.45) is 0 Å². The summed E-state index contributed by atoms with van der Waals surface area (Å²) < 4.78 is 5.57. The van der Waals surface area contributed by atoms with Crippen LogP contribution in [0.2, 0.25) is 0 Å². The van der Waals surface area contributed by atoms with E-state index in [2.05, 4.69) is 20.5 Å². The first kappa shape index (κ1) is 14.9. The predicted molar refractivity (Wildman–Crippen MR) is 84.1 cm³/mol. The van der Waals surface area contributed by atoms with Gasteiger partial charge in [0.15, 0.2) is 0 Å². The quantitative estimate of drug-likeness (QED) is 0.756. The zero-order valence-corrected chi connectivity index (χ0v) is 12.5. The van der Waals surface area contributed by atoms with E-state index in [1.54, 1.807) is 12.4 Å². The lowest BCUT2D eigenvalue weighted by molar-refractivity contribution is -0.121. The Morgan fingerprint density at radius 3 is 2.61 bits per heavy atom. The Hall–Kier alpha value is -3.02. The van der Waals surface area contributed by atoms with E-state index < -0.39 is 0 Å². The number of rotatable bonds is 6. The third kappa shape index (κ3) is 4.23. The van der Waals surface area contributed by atoms with E-state index >= 15 is 0 Å². The van der Waals surface area contributed by atoms with E-state index in [-0.39, 0.29) is 5.91 Å². The molecule has 0 saturated carbocycles. The molecule has 23 heavy (non-hydrogen) atoms. The maximum Gasteiger partial charge on any atom is 0.247 e. The van der Waals surface area contributed by atoms with E-state index in [0.717, 1.165) is 11.1 Å². The van der Waals surface area contributed by atoms with Gasteiger partial charge in [-0.25, -0.2) is 0 Å². The SMILES string of the molecule is O=C(CCc1nnc(-c2ccccc2)o1)NCc1ccncc1. The molecule has 1 amide bonds. The van der Waals surface area contributed by atoms with Gasteiger partial charge >= 0.3 is 0 Å². The summed E-state index contributed by atoms with van der Waals surface area (Å²) in [5, 5.41) is 10.8. The monoisotopic (exact) mass is 308 g/mol. The van der Waals surface area contributed by atoms with E-state index in [4.69, 9.17) is 4.42 Å². The minimum absolute atomic E-state index is 0.0544. The van der Waals surface area contributed by atoms with Crippen LogP contribution >= 0.6 is 0 Å². The molecule has 0 unspecified atom stereocenters. The second-order valence-corrected chi connectivity index (χ2v) is 5.00. The lowest BCUT2D eigenvalue weighted by atomic mass is 10.2. The number of carbonyl (C=O) groups is 1. The van der Waals surface area contributed by atoms with Crippen molar-refractivity contribution >= 4 is 5.91 Å². The molecule has 3 rings (SSSR count). The summed E-state index contributed by atoms with van der Waals surface area (Å²) >= 11 is 0. The molecule has 6 nitrogen and oxygen atoms in total.